The Morgan fingerprint density at radius 2 is 2.00 bits per heavy atom. The third-order valence-electron chi connectivity index (χ3n) is 3.23. The normalized spacial score (nSPS) is 11.8. The lowest BCUT2D eigenvalue weighted by Crippen LogP contribution is -2.04. The Balaban J connectivity index is 2.11. The highest BCUT2D eigenvalue weighted by atomic mass is 35.5. The first-order valence-corrected chi connectivity index (χ1v) is 8.88. The molecule has 2 heterocycles. The molecule has 0 unspecified atom stereocenters. The number of methoxy groups -OCH3 is 1. The van der Waals surface area contributed by atoms with Crippen LogP contribution in [-0.2, 0) is 16.4 Å². The third-order valence-corrected chi connectivity index (χ3v) is 4.38. The molecule has 0 radical (unpaired) electrons. The van der Waals surface area contributed by atoms with Crippen molar-refractivity contribution in [3.63, 3.8) is 0 Å². The average molecular weight is 353 g/mol. The van der Waals surface area contributed by atoms with Crippen LogP contribution in [0.4, 0.5) is 0 Å². The number of benzene rings is 1. The minimum absolute atomic E-state index is 0.130. The highest BCUT2D eigenvalue weighted by Gasteiger charge is 2.19. The molecule has 1 aromatic carbocycles. The van der Waals surface area contributed by atoms with Crippen LogP contribution in [0.25, 0.3) is 11.0 Å². The van der Waals surface area contributed by atoms with Gasteiger partial charge >= 0.3 is 0 Å². The van der Waals surface area contributed by atoms with E-state index in [1.54, 1.807) is 18.0 Å². The van der Waals surface area contributed by atoms with E-state index < -0.39 is 9.84 Å². The summed E-state index contributed by atoms with van der Waals surface area (Å²) in [5.74, 6) is 0.722. The molecule has 9 heteroatoms. The number of aromatic nitrogens is 4. The molecule has 0 saturated heterocycles. The molecule has 0 atom stereocenters. The minimum atomic E-state index is -3.56. The van der Waals surface area contributed by atoms with Gasteiger partial charge in [0, 0.05) is 11.8 Å². The van der Waals surface area contributed by atoms with Crippen LogP contribution >= 0.6 is 11.6 Å². The van der Waals surface area contributed by atoms with E-state index in [0.717, 1.165) is 17.6 Å². The predicted molar refractivity (Wildman–Crippen MR) is 85.5 cm³/mol. The zero-order valence-electron chi connectivity index (χ0n) is 12.4. The monoisotopic (exact) mass is 352 g/mol. The summed E-state index contributed by atoms with van der Waals surface area (Å²) in [4.78, 5) is 7.82. The molecule has 3 aromatic rings. The number of nitrogens with zero attached hydrogens (tertiary/aromatic N) is 4. The Bertz CT molecular complexity index is 985. The summed E-state index contributed by atoms with van der Waals surface area (Å²) in [5, 5.41) is 3.98. The first kappa shape index (κ1) is 15.7. The number of sulfone groups is 1. The number of para-hydroxylation sites is 1. The van der Waals surface area contributed by atoms with Gasteiger partial charge in [0.05, 0.1) is 19.9 Å². The Morgan fingerprint density at radius 1 is 1.26 bits per heavy atom. The molecule has 0 bridgehead atoms. The molecule has 0 saturated carbocycles. The summed E-state index contributed by atoms with van der Waals surface area (Å²) in [6.07, 6.45) is 2.69. The lowest BCUT2D eigenvalue weighted by molar-refractivity contribution is 0.407. The van der Waals surface area contributed by atoms with E-state index in [2.05, 4.69) is 15.1 Å². The number of fused-ring (bicyclic) bond motifs is 1. The molecule has 0 aliphatic heterocycles. The van der Waals surface area contributed by atoms with Gasteiger partial charge in [-0.05, 0) is 17.7 Å². The van der Waals surface area contributed by atoms with Crippen molar-refractivity contribution in [1.29, 1.82) is 0 Å². The number of ether oxygens (including phenoxy) is 1. The van der Waals surface area contributed by atoms with E-state index in [9.17, 15) is 8.42 Å². The molecule has 0 aliphatic rings. The van der Waals surface area contributed by atoms with Crippen LogP contribution in [0.3, 0.4) is 0 Å². The predicted octanol–water partition coefficient (Wildman–Crippen LogP) is 1.94. The highest BCUT2D eigenvalue weighted by Crippen LogP contribution is 2.22. The van der Waals surface area contributed by atoms with Gasteiger partial charge in [-0.15, -0.1) is 0 Å². The molecular weight excluding hydrogens is 340 g/mol. The fourth-order valence-electron chi connectivity index (χ4n) is 2.25. The Hall–Kier alpha value is -2.19. The minimum Gasteiger partial charge on any atom is -0.496 e. The van der Waals surface area contributed by atoms with Crippen molar-refractivity contribution in [2.45, 2.75) is 11.6 Å². The summed E-state index contributed by atoms with van der Waals surface area (Å²) in [7, 11) is -1.97. The smallest absolute Gasteiger partial charge is 0.224 e. The molecule has 120 valence electrons. The van der Waals surface area contributed by atoms with Gasteiger partial charge < -0.3 is 4.74 Å². The summed E-state index contributed by atoms with van der Waals surface area (Å²) in [6, 6.07) is 7.51. The van der Waals surface area contributed by atoms with Crippen LogP contribution in [0.15, 0.2) is 35.5 Å². The van der Waals surface area contributed by atoms with E-state index in [4.69, 9.17) is 16.3 Å². The quantitative estimate of drug-likeness (QED) is 0.526. The van der Waals surface area contributed by atoms with Gasteiger partial charge in [-0.1, -0.05) is 18.2 Å². The van der Waals surface area contributed by atoms with Crippen LogP contribution in [0, 0.1) is 0 Å². The second kappa shape index (κ2) is 5.78. The lowest BCUT2D eigenvalue weighted by Gasteiger charge is -2.07. The summed E-state index contributed by atoms with van der Waals surface area (Å²) < 4.78 is 30.6. The van der Waals surface area contributed by atoms with Crippen molar-refractivity contribution in [2.24, 2.45) is 0 Å². The van der Waals surface area contributed by atoms with Gasteiger partial charge in [0.25, 0.3) is 0 Å². The molecule has 2 aromatic heterocycles. The van der Waals surface area contributed by atoms with Gasteiger partial charge in [-0.25, -0.2) is 18.4 Å². The number of rotatable bonds is 4. The SMILES string of the molecule is COc1ccccc1Cn1cc2nc(Cl)nc(S(C)(=O)=O)c2n1. The number of halogens is 1. The molecule has 0 aliphatic carbocycles. The van der Waals surface area contributed by atoms with Crippen molar-refractivity contribution in [3.05, 3.63) is 41.3 Å². The van der Waals surface area contributed by atoms with Gasteiger partial charge in [0.2, 0.25) is 5.28 Å². The maximum Gasteiger partial charge on any atom is 0.224 e. The molecular formula is C14H13ClN4O3S. The highest BCUT2D eigenvalue weighted by molar-refractivity contribution is 7.90. The molecule has 0 spiro atoms. The molecule has 0 N–H and O–H groups in total. The fourth-order valence-corrected chi connectivity index (χ4v) is 3.23. The Labute approximate surface area is 137 Å². The summed E-state index contributed by atoms with van der Waals surface area (Å²) in [5.41, 5.74) is 1.48. The van der Waals surface area contributed by atoms with Crippen molar-refractivity contribution in [3.8, 4) is 5.75 Å². The van der Waals surface area contributed by atoms with Crippen LogP contribution in [0.5, 0.6) is 5.75 Å². The summed E-state index contributed by atoms with van der Waals surface area (Å²) >= 11 is 5.80. The van der Waals surface area contributed by atoms with Crippen molar-refractivity contribution >= 4 is 32.5 Å². The maximum atomic E-state index is 11.8. The lowest BCUT2D eigenvalue weighted by atomic mass is 10.2. The van der Waals surface area contributed by atoms with Gasteiger partial charge in [0.1, 0.15) is 16.8 Å². The Morgan fingerprint density at radius 3 is 2.70 bits per heavy atom. The number of hydrogen-bond acceptors (Lipinski definition) is 6. The first-order chi connectivity index (χ1) is 10.9. The van der Waals surface area contributed by atoms with E-state index >= 15 is 0 Å². The van der Waals surface area contributed by atoms with Crippen LogP contribution in [-0.4, -0.2) is 41.5 Å². The van der Waals surface area contributed by atoms with Gasteiger partial charge in [-0.2, -0.15) is 5.10 Å². The van der Waals surface area contributed by atoms with E-state index in [0.29, 0.717) is 12.1 Å². The fraction of sp³-hybridized carbons (Fsp3) is 0.214. The van der Waals surface area contributed by atoms with Crippen LogP contribution in [0.2, 0.25) is 5.28 Å². The Kier molecular flexibility index (Phi) is 3.95. The van der Waals surface area contributed by atoms with Crippen LogP contribution < -0.4 is 4.74 Å². The average Bonchev–Trinajstić information content (AvgIpc) is 2.87. The third kappa shape index (κ3) is 3.13. The first-order valence-electron chi connectivity index (χ1n) is 6.61. The topological polar surface area (TPSA) is 87.0 Å². The van der Waals surface area contributed by atoms with Crippen molar-refractivity contribution in [1.82, 2.24) is 19.7 Å². The standard InChI is InChI=1S/C14H13ClN4O3S/c1-22-11-6-4-3-5-9(11)7-19-8-10-12(18-19)13(23(2,20)21)17-14(15)16-10/h3-6,8H,7H2,1-2H3. The second-order valence-corrected chi connectivity index (χ2v) is 7.21. The van der Waals surface area contributed by atoms with E-state index in [-0.39, 0.29) is 15.8 Å². The zero-order valence-corrected chi connectivity index (χ0v) is 14.0. The van der Waals surface area contributed by atoms with Crippen LogP contribution in [0.1, 0.15) is 5.56 Å². The van der Waals surface area contributed by atoms with Crippen molar-refractivity contribution < 1.29 is 13.2 Å². The maximum absolute atomic E-state index is 11.8. The van der Waals surface area contributed by atoms with Crippen molar-refractivity contribution in [2.75, 3.05) is 13.4 Å². The molecule has 7 nitrogen and oxygen atoms in total. The molecule has 0 fully saturated rings. The van der Waals surface area contributed by atoms with Gasteiger partial charge in [-0.3, -0.25) is 4.68 Å². The molecule has 0 amide bonds. The van der Waals surface area contributed by atoms with E-state index in [1.165, 1.54) is 0 Å². The van der Waals surface area contributed by atoms with Gasteiger partial charge in [0.15, 0.2) is 14.9 Å². The van der Waals surface area contributed by atoms with E-state index in [1.807, 2.05) is 24.3 Å². The second-order valence-electron chi connectivity index (χ2n) is 4.94. The molecule has 23 heavy (non-hydrogen) atoms. The largest absolute Gasteiger partial charge is 0.496 e. The zero-order chi connectivity index (χ0) is 16.6. The number of hydrogen-bond donors (Lipinski definition) is 0. The molecule has 3 rings (SSSR count). The summed E-state index contributed by atoms with van der Waals surface area (Å²) in [6.45, 7) is 0.404.